The molecule has 0 aromatic carbocycles. The average molecular weight is 478 g/mol. The number of hydrogen-bond acceptors (Lipinski definition) is 5. The maximum absolute atomic E-state index is 10.9. The Balaban J connectivity index is 0.00000529. The molecule has 24 heavy (non-hydrogen) atoms. The summed E-state index contributed by atoms with van der Waals surface area (Å²) in [6, 6.07) is 0. The van der Waals surface area contributed by atoms with Crippen LogP contribution in [0, 0.1) is 5.92 Å². The summed E-state index contributed by atoms with van der Waals surface area (Å²) in [6.45, 7) is 5.03. The maximum Gasteiger partial charge on any atom is 0.208 e. The van der Waals surface area contributed by atoms with E-state index >= 15 is 0 Å². The van der Waals surface area contributed by atoms with Crippen molar-refractivity contribution in [1.29, 1.82) is 0 Å². The molecule has 1 atom stereocenters. The minimum atomic E-state index is -3.11. The molecule has 144 valence electrons. The summed E-state index contributed by atoms with van der Waals surface area (Å²) in [6.07, 6.45) is 3.86. The lowest BCUT2D eigenvalue weighted by Crippen LogP contribution is -2.39. The van der Waals surface area contributed by atoms with Crippen LogP contribution in [0.3, 0.4) is 0 Å². The molecule has 10 heteroatoms. The van der Waals surface area contributed by atoms with Gasteiger partial charge in [0.15, 0.2) is 5.96 Å². The topological polar surface area (TPSA) is 101 Å². The molecule has 1 aliphatic rings. The molecule has 1 unspecified atom stereocenters. The molecule has 1 saturated heterocycles. The van der Waals surface area contributed by atoms with Crippen molar-refractivity contribution >= 4 is 40.0 Å². The van der Waals surface area contributed by atoms with Crippen LogP contribution in [0.2, 0.25) is 0 Å². The first-order valence-electron chi connectivity index (χ1n) is 8.06. The van der Waals surface area contributed by atoms with Crippen molar-refractivity contribution in [2.75, 3.05) is 59.4 Å². The van der Waals surface area contributed by atoms with Crippen molar-refractivity contribution in [3.05, 3.63) is 0 Å². The van der Waals surface area contributed by atoms with E-state index in [4.69, 9.17) is 9.47 Å². The van der Waals surface area contributed by atoms with Crippen LogP contribution in [0.4, 0.5) is 0 Å². The molecule has 0 aliphatic carbocycles. The van der Waals surface area contributed by atoms with Crippen molar-refractivity contribution in [3.8, 4) is 0 Å². The Morgan fingerprint density at radius 1 is 1.25 bits per heavy atom. The second kappa shape index (κ2) is 14.0. The summed E-state index contributed by atoms with van der Waals surface area (Å²) in [7, 11) is -1.40. The second-order valence-electron chi connectivity index (χ2n) is 5.60. The lowest BCUT2D eigenvalue weighted by atomic mass is 10.1. The molecule has 1 aliphatic heterocycles. The molecule has 0 saturated carbocycles. The van der Waals surface area contributed by atoms with E-state index in [1.165, 1.54) is 0 Å². The van der Waals surface area contributed by atoms with Gasteiger partial charge in [-0.05, 0) is 19.3 Å². The summed E-state index contributed by atoms with van der Waals surface area (Å²) in [5.74, 6) is 1.27. The summed E-state index contributed by atoms with van der Waals surface area (Å²) >= 11 is 0. The van der Waals surface area contributed by atoms with Gasteiger partial charge in [0.2, 0.25) is 10.0 Å². The molecule has 1 rings (SSSR count). The minimum Gasteiger partial charge on any atom is -0.381 e. The van der Waals surface area contributed by atoms with Crippen LogP contribution in [0.5, 0.6) is 0 Å². The van der Waals surface area contributed by atoms with Crippen molar-refractivity contribution in [3.63, 3.8) is 0 Å². The Bertz CT molecular complexity index is 442. The third-order valence-corrected chi connectivity index (χ3v) is 4.10. The number of nitrogens with zero attached hydrogens (tertiary/aromatic N) is 1. The van der Waals surface area contributed by atoms with Gasteiger partial charge in [0.25, 0.3) is 0 Å². The predicted molar refractivity (Wildman–Crippen MR) is 107 cm³/mol. The number of aliphatic imine (C=N–C) groups is 1. The number of hydrogen-bond donors (Lipinski definition) is 3. The summed E-state index contributed by atoms with van der Waals surface area (Å²) in [5.41, 5.74) is 0. The molecule has 3 N–H and O–H groups in total. The molecule has 1 heterocycles. The van der Waals surface area contributed by atoms with Gasteiger partial charge in [-0.1, -0.05) is 0 Å². The molecule has 0 aromatic rings. The number of guanidine groups is 1. The van der Waals surface area contributed by atoms with Crippen LogP contribution in [-0.4, -0.2) is 73.7 Å². The Kier molecular flexibility index (Phi) is 13.9. The van der Waals surface area contributed by atoms with Crippen LogP contribution >= 0.6 is 24.0 Å². The Labute approximate surface area is 162 Å². The third kappa shape index (κ3) is 13.2. The van der Waals surface area contributed by atoms with E-state index < -0.39 is 10.0 Å². The number of rotatable bonds is 11. The molecule has 0 spiro atoms. The maximum atomic E-state index is 10.9. The monoisotopic (exact) mass is 478 g/mol. The van der Waals surface area contributed by atoms with E-state index in [2.05, 4.69) is 20.3 Å². The zero-order valence-corrected chi connectivity index (χ0v) is 17.7. The van der Waals surface area contributed by atoms with Crippen LogP contribution in [-0.2, 0) is 19.5 Å². The molecule has 0 radical (unpaired) electrons. The smallest absolute Gasteiger partial charge is 0.208 e. The lowest BCUT2D eigenvalue weighted by Gasteiger charge is -2.12. The third-order valence-electron chi connectivity index (χ3n) is 3.37. The van der Waals surface area contributed by atoms with Gasteiger partial charge in [0.1, 0.15) is 0 Å². The van der Waals surface area contributed by atoms with Gasteiger partial charge in [0, 0.05) is 45.8 Å². The standard InChI is InChI=1S/C14H30N4O4S.HI/c1-15-14(16-6-3-8-18-23(2,19)20)17-7-4-9-21-11-13-5-10-22-12-13;/h13,18H,3-12H2,1-2H3,(H2,15,16,17);1H. The predicted octanol–water partition coefficient (Wildman–Crippen LogP) is 0.152. The van der Waals surface area contributed by atoms with Crippen LogP contribution in [0.25, 0.3) is 0 Å². The highest BCUT2D eigenvalue weighted by atomic mass is 127. The van der Waals surface area contributed by atoms with Crippen LogP contribution in [0.15, 0.2) is 4.99 Å². The van der Waals surface area contributed by atoms with Gasteiger partial charge in [-0.3, -0.25) is 4.99 Å². The Hall–Kier alpha value is -0.170. The van der Waals surface area contributed by atoms with Gasteiger partial charge < -0.3 is 20.1 Å². The first-order valence-corrected chi connectivity index (χ1v) is 9.95. The number of ether oxygens (including phenoxy) is 2. The highest BCUT2D eigenvalue weighted by Crippen LogP contribution is 2.12. The van der Waals surface area contributed by atoms with E-state index in [9.17, 15) is 8.42 Å². The Morgan fingerprint density at radius 3 is 2.54 bits per heavy atom. The van der Waals surface area contributed by atoms with Gasteiger partial charge in [0.05, 0.1) is 19.5 Å². The van der Waals surface area contributed by atoms with Crippen molar-refractivity contribution in [2.24, 2.45) is 10.9 Å². The van der Waals surface area contributed by atoms with Crippen molar-refractivity contribution in [2.45, 2.75) is 19.3 Å². The molecule has 0 aromatic heterocycles. The zero-order valence-electron chi connectivity index (χ0n) is 14.5. The fraction of sp³-hybridized carbons (Fsp3) is 0.929. The lowest BCUT2D eigenvalue weighted by molar-refractivity contribution is 0.0888. The molecule has 0 bridgehead atoms. The van der Waals surface area contributed by atoms with Gasteiger partial charge in [-0.15, -0.1) is 24.0 Å². The fourth-order valence-electron chi connectivity index (χ4n) is 2.12. The number of nitrogens with one attached hydrogen (secondary N) is 3. The van der Waals surface area contributed by atoms with Crippen molar-refractivity contribution < 1.29 is 17.9 Å². The van der Waals surface area contributed by atoms with E-state index in [-0.39, 0.29) is 24.0 Å². The molecular weight excluding hydrogens is 447 g/mol. The quantitative estimate of drug-likeness (QED) is 0.169. The number of sulfonamides is 1. The molecule has 8 nitrogen and oxygen atoms in total. The second-order valence-corrected chi connectivity index (χ2v) is 7.44. The average Bonchev–Trinajstić information content (AvgIpc) is 3.00. The largest absolute Gasteiger partial charge is 0.381 e. The van der Waals surface area contributed by atoms with E-state index in [1.807, 2.05) is 0 Å². The zero-order chi connectivity index (χ0) is 17.0. The normalized spacial score (nSPS) is 18.2. The van der Waals surface area contributed by atoms with Crippen LogP contribution in [0.1, 0.15) is 19.3 Å². The molecule has 1 fully saturated rings. The first kappa shape index (κ1) is 23.8. The van der Waals surface area contributed by atoms with Crippen LogP contribution < -0.4 is 15.4 Å². The van der Waals surface area contributed by atoms with Crippen molar-refractivity contribution in [1.82, 2.24) is 15.4 Å². The summed E-state index contributed by atoms with van der Waals surface area (Å²) < 4.78 is 35.2. The van der Waals surface area contributed by atoms with Gasteiger partial charge in [-0.25, -0.2) is 13.1 Å². The molecule has 0 amide bonds. The minimum absolute atomic E-state index is 0. The van der Waals surface area contributed by atoms with E-state index in [0.717, 1.165) is 52.1 Å². The van der Waals surface area contributed by atoms with Gasteiger partial charge in [-0.2, -0.15) is 0 Å². The van der Waals surface area contributed by atoms with Gasteiger partial charge >= 0.3 is 0 Å². The summed E-state index contributed by atoms with van der Waals surface area (Å²) in [4.78, 5) is 4.11. The fourth-order valence-corrected chi connectivity index (χ4v) is 2.63. The Morgan fingerprint density at radius 2 is 1.96 bits per heavy atom. The number of halogens is 1. The van der Waals surface area contributed by atoms with E-state index in [1.54, 1.807) is 7.05 Å². The highest BCUT2D eigenvalue weighted by molar-refractivity contribution is 14.0. The molecular formula is C14H31IN4O4S. The highest BCUT2D eigenvalue weighted by Gasteiger charge is 2.15. The van der Waals surface area contributed by atoms with E-state index in [0.29, 0.717) is 31.4 Å². The SMILES string of the molecule is CN=C(NCCCNS(C)(=O)=O)NCCCOCC1CCOC1.I. The first-order chi connectivity index (χ1) is 11.0. The summed E-state index contributed by atoms with van der Waals surface area (Å²) in [5, 5.41) is 6.34.